The van der Waals surface area contributed by atoms with E-state index in [-0.39, 0.29) is 5.69 Å². The third-order valence-corrected chi connectivity index (χ3v) is 2.98. The summed E-state index contributed by atoms with van der Waals surface area (Å²) in [7, 11) is 0. The van der Waals surface area contributed by atoms with Gasteiger partial charge in [0.2, 0.25) is 0 Å². The highest BCUT2D eigenvalue weighted by Gasteiger charge is 2.12. The molecule has 0 aliphatic heterocycles. The quantitative estimate of drug-likeness (QED) is 0.907. The van der Waals surface area contributed by atoms with Crippen molar-refractivity contribution in [1.29, 1.82) is 0 Å². The first-order valence-electron chi connectivity index (χ1n) is 5.98. The lowest BCUT2D eigenvalue weighted by atomic mass is 10.1. The number of amides is 1. The van der Waals surface area contributed by atoms with Gasteiger partial charge in [-0.2, -0.15) is 0 Å². The van der Waals surface area contributed by atoms with Gasteiger partial charge in [-0.15, -0.1) is 0 Å². The maximum Gasteiger partial charge on any atom is 0.338 e. The Bertz CT molecular complexity index is 711. The standard InChI is InChI=1S/C15H11ClFNO3/c1-8-4-9(6-10(16)5-8)14(19)18-11-2-3-12(15(20)21)13(17)7-11/h2-7H,1H3,(H,18,19)(H,20,21). The van der Waals surface area contributed by atoms with Crippen molar-refractivity contribution in [3.63, 3.8) is 0 Å². The largest absolute Gasteiger partial charge is 0.478 e. The Labute approximate surface area is 125 Å². The summed E-state index contributed by atoms with van der Waals surface area (Å²) in [6.07, 6.45) is 0. The molecule has 21 heavy (non-hydrogen) atoms. The maximum absolute atomic E-state index is 13.5. The van der Waals surface area contributed by atoms with E-state index in [0.717, 1.165) is 17.7 Å². The molecule has 0 saturated heterocycles. The molecule has 1 amide bonds. The van der Waals surface area contributed by atoms with Crippen molar-refractivity contribution in [2.24, 2.45) is 0 Å². The summed E-state index contributed by atoms with van der Waals surface area (Å²) in [5.41, 5.74) is 0.870. The Hall–Kier alpha value is -2.40. The van der Waals surface area contributed by atoms with Crippen LogP contribution in [0.2, 0.25) is 5.02 Å². The Morgan fingerprint density at radius 2 is 1.90 bits per heavy atom. The van der Waals surface area contributed by atoms with E-state index in [0.29, 0.717) is 10.6 Å². The summed E-state index contributed by atoms with van der Waals surface area (Å²) >= 11 is 5.87. The van der Waals surface area contributed by atoms with Crippen LogP contribution >= 0.6 is 11.6 Å². The van der Waals surface area contributed by atoms with Gasteiger partial charge in [0, 0.05) is 16.3 Å². The Morgan fingerprint density at radius 3 is 2.48 bits per heavy atom. The van der Waals surface area contributed by atoms with Gasteiger partial charge in [0.05, 0.1) is 5.56 Å². The van der Waals surface area contributed by atoms with Crippen molar-refractivity contribution < 1.29 is 19.1 Å². The van der Waals surface area contributed by atoms with Crippen molar-refractivity contribution in [2.45, 2.75) is 6.92 Å². The normalized spacial score (nSPS) is 10.2. The number of benzene rings is 2. The van der Waals surface area contributed by atoms with Crippen LogP contribution in [-0.4, -0.2) is 17.0 Å². The molecule has 2 aromatic rings. The van der Waals surface area contributed by atoms with E-state index in [2.05, 4.69) is 5.32 Å². The number of anilines is 1. The molecular formula is C15H11ClFNO3. The van der Waals surface area contributed by atoms with E-state index in [1.807, 2.05) is 0 Å². The van der Waals surface area contributed by atoms with Crippen LogP contribution in [0.1, 0.15) is 26.3 Å². The third-order valence-electron chi connectivity index (χ3n) is 2.76. The molecule has 0 spiro atoms. The van der Waals surface area contributed by atoms with Crippen molar-refractivity contribution >= 4 is 29.2 Å². The fraction of sp³-hybridized carbons (Fsp3) is 0.0667. The number of hydrogen-bond acceptors (Lipinski definition) is 2. The molecule has 2 N–H and O–H groups in total. The van der Waals surface area contributed by atoms with E-state index in [1.54, 1.807) is 19.1 Å². The minimum absolute atomic E-state index is 0.167. The van der Waals surface area contributed by atoms with Crippen LogP contribution in [0.15, 0.2) is 36.4 Å². The number of aromatic carboxylic acids is 1. The Morgan fingerprint density at radius 1 is 1.19 bits per heavy atom. The van der Waals surface area contributed by atoms with Crippen LogP contribution in [-0.2, 0) is 0 Å². The van der Waals surface area contributed by atoms with Crippen LogP contribution in [0, 0.1) is 12.7 Å². The van der Waals surface area contributed by atoms with Gasteiger partial charge >= 0.3 is 5.97 Å². The second-order valence-corrected chi connectivity index (χ2v) is 4.91. The second kappa shape index (κ2) is 5.93. The van der Waals surface area contributed by atoms with Gasteiger partial charge in [0.1, 0.15) is 5.82 Å². The highest BCUT2D eigenvalue weighted by Crippen LogP contribution is 2.18. The molecule has 0 unspecified atom stereocenters. The molecule has 2 aromatic carbocycles. The smallest absolute Gasteiger partial charge is 0.338 e. The first-order chi connectivity index (χ1) is 9.86. The van der Waals surface area contributed by atoms with Gasteiger partial charge in [-0.25, -0.2) is 9.18 Å². The van der Waals surface area contributed by atoms with Gasteiger partial charge in [-0.05, 0) is 48.9 Å². The average Bonchev–Trinajstić information content (AvgIpc) is 2.37. The summed E-state index contributed by atoms with van der Waals surface area (Å²) in [4.78, 5) is 22.7. The minimum atomic E-state index is -1.36. The molecule has 0 saturated carbocycles. The molecule has 0 fully saturated rings. The highest BCUT2D eigenvalue weighted by molar-refractivity contribution is 6.31. The molecule has 0 aromatic heterocycles. The summed E-state index contributed by atoms with van der Waals surface area (Å²) < 4.78 is 13.5. The van der Waals surface area contributed by atoms with Gasteiger partial charge in [0.25, 0.3) is 5.91 Å². The van der Waals surface area contributed by atoms with Crippen LogP contribution in [0.25, 0.3) is 0 Å². The molecule has 0 radical (unpaired) electrons. The van der Waals surface area contributed by atoms with E-state index in [4.69, 9.17) is 16.7 Å². The Kier molecular flexibility index (Phi) is 4.23. The molecular weight excluding hydrogens is 297 g/mol. The number of halogens is 2. The SMILES string of the molecule is Cc1cc(Cl)cc(C(=O)Nc2ccc(C(=O)O)c(F)c2)c1. The lowest BCUT2D eigenvalue weighted by Gasteiger charge is -2.07. The van der Waals surface area contributed by atoms with Crippen LogP contribution in [0.4, 0.5) is 10.1 Å². The van der Waals surface area contributed by atoms with Crippen molar-refractivity contribution in [1.82, 2.24) is 0 Å². The number of carbonyl (C=O) groups excluding carboxylic acids is 1. The van der Waals surface area contributed by atoms with Crippen LogP contribution in [0.5, 0.6) is 0 Å². The minimum Gasteiger partial charge on any atom is -0.478 e. The summed E-state index contributed by atoms with van der Waals surface area (Å²) in [6.45, 7) is 1.80. The molecule has 0 aliphatic rings. The van der Waals surface area contributed by atoms with Crippen molar-refractivity contribution in [2.75, 3.05) is 5.32 Å². The number of hydrogen-bond donors (Lipinski definition) is 2. The van der Waals surface area contributed by atoms with Gasteiger partial charge in [-0.1, -0.05) is 11.6 Å². The molecule has 0 heterocycles. The highest BCUT2D eigenvalue weighted by atomic mass is 35.5. The van der Waals surface area contributed by atoms with Crippen LogP contribution < -0.4 is 5.32 Å². The molecule has 0 bridgehead atoms. The fourth-order valence-corrected chi connectivity index (χ4v) is 2.13. The zero-order valence-corrected chi connectivity index (χ0v) is 11.7. The maximum atomic E-state index is 13.5. The predicted molar refractivity (Wildman–Crippen MR) is 77.5 cm³/mol. The predicted octanol–water partition coefficient (Wildman–Crippen LogP) is 3.74. The van der Waals surface area contributed by atoms with Crippen molar-refractivity contribution in [3.8, 4) is 0 Å². The molecule has 0 aliphatic carbocycles. The number of carboxylic acid groups (broad SMARTS) is 1. The van der Waals surface area contributed by atoms with Gasteiger partial charge in [-0.3, -0.25) is 4.79 Å². The van der Waals surface area contributed by atoms with E-state index < -0.39 is 23.3 Å². The molecule has 4 nitrogen and oxygen atoms in total. The Balaban J connectivity index is 2.23. The average molecular weight is 308 g/mol. The first kappa shape index (κ1) is 15.0. The van der Waals surface area contributed by atoms with E-state index >= 15 is 0 Å². The summed E-state index contributed by atoms with van der Waals surface area (Å²) in [5, 5.41) is 11.6. The lowest BCUT2D eigenvalue weighted by Crippen LogP contribution is -2.13. The summed E-state index contributed by atoms with van der Waals surface area (Å²) in [6, 6.07) is 8.21. The fourth-order valence-electron chi connectivity index (χ4n) is 1.84. The number of carbonyl (C=O) groups is 2. The first-order valence-corrected chi connectivity index (χ1v) is 6.36. The van der Waals surface area contributed by atoms with Crippen molar-refractivity contribution in [3.05, 3.63) is 63.9 Å². The van der Waals surface area contributed by atoms with Crippen LogP contribution in [0.3, 0.4) is 0 Å². The zero-order valence-electron chi connectivity index (χ0n) is 11.0. The third kappa shape index (κ3) is 3.58. The van der Waals surface area contributed by atoms with Gasteiger partial charge < -0.3 is 10.4 Å². The summed E-state index contributed by atoms with van der Waals surface area (Å²) in [5.74, 6) is -2.73. The number of aryl methyl sites for hydroxylation is 1. The second-order valence-electron chi connectivity index (χ2n) is 4.47. The van der Waals surface area contributed by atoms with E-state index in [1.165, 1.54) is 12.1 Å². The zero-order chi connectivity index (χ0) is 15.6. The molecule has 108 valence electrons. The number of carboxylic acids is 1. The lowest BCUT2D eigenvalue weighted by molar-refractivity contribution is 0.0692. The molecule has 0 atom stereocenters. The van der Waals surface area contributed by atoms with E-state index in [9.17, 15) is 14.0 Å². The molecule has 2 rings (SSSR count). The number of nitrogens with one attached hydrogen (secondary N) is 1. The monoisotopic (exact) mass is 307 g/mol. The number of rotatable bonds is 3. The van der Waals surface area contributed by atoms with Gasteiger partial charge in [0.15, 0.2) is 0 Å². The molecule has 6 heteroatoms. The topological polar surface area (TPSA) is 66.4 Å².